The maximum Gasteiger partial charge on any atom is 0.137 e. The first-order valence-electron chi connectivity index (χ1n) is 23.2. The Kier molecular flexibility index (Phi) is 10.0. The van der Waals surface area contributed by atoms with E-state index in [1.165, 1.54) is 66.1 Å². The number of nitrogens with zero attached hydrogens (tertiary/aromatic N) is 1. The molecule has 1 heterocycles. The van der Waals surface area contributed by atoms with Crippen LogP contribution >= 0.6 is 0 Å². The number of para-hydroxylation sites is 2. The van der Waals surface area contributed by atoms with Gasteiger partial charge in [0.05, 0.1) is 16.8 Å². The zero-order chi connectivity index (χ0) is 45.2. The lowest BCUT2D eigenvalue weighted by Crippen LogP contribution is -2.16. The highest BCUT2D eigenvalue weighted by Crippen LogP contribution is 2.48. The number of fused-ring (bicyclic) bond motifs is 5. The molecular weight excluding hydrogens is 799 g/mol. The van der Waals surface area contributed by atoms with E-state index in [2.05, 4.69) is 253 Å². The van der Waals surface area contributed by atoms with E-state index >= 15 is 0 Å². The Morgan fingerprint density at radius 1 is 0.333 bits per heavy atom. The van der Waals surface area contributed by atoms with Gasteiger partial charge < -0.3 is 9.32 Å². The van der Waals surface area contributed by atoms with Gasteiger partial charge >= 0.3 is 0 Å². The van der Waals surface area contributed by atoms with Crippen LogP contribution in [0.3, 0.4) is 0 Å². The fourth-order valence-electron chi connectivity index (χ4n) is 9.82. The van der Waals surface area contributed by atoms with Crippen LogP contribution in [0.1, 0.15) is 52.7 Å². The van der Waals surface area contributed by atoms with Crippen molar-refractivity contribution < 1.29 is 4.42 Å². The smallest absolute Gasteiger partial charge is 0.137 e. The summed E-state index contributed by atoms with van der Waals surface area (Å²) in [6.45, 7) is 13.9. The Hall–Kier alpha value is -7.68. The molecule has 0 atom stereocenters. The van der Waals surface area contributed by atoms with Gasteiger partial charge in [-0.15, -0.1) is 0 Å². The van der Waals surface area contributed by atoms with Gasteiger partial charge in [-0.2, -0.15) is 0 Å². The Morgan fingerprint density at radius 2 is 0.833 bits per heavy atom. The van der Waals surface area contributed by atoms with Crippen molar-refractivity contribution in [2.75, 3.05) is 4.90 Å². The van der Waals surface area contributed by atoms with Crippen molar-refractivity contribution in [2.24, 2.45) is 0 Å². The van der Waals surface area contributed by atoms with Crippen molar-refractivity contribution in [3.05, 3.63) is 223 Å². The van der Waals surface area contributed by atoms with Crippen molar-refractivity contribution in [1.29, 1.82) is 0 Å². The molecule has 1 aromatic heterocycles. The third kappa shape index (κ3) is 7.33. The van der Waals surface area contributed by atoms with E-state index in [-0.39, 0.29) is 10.8 Å². The Balaban J connectivity index is 1.09. The number of benzene rings is 10. The lowest BCUT2D eigenvalue weighted by molar-refractivity contribution is 0.569. The molecule has 2 heteroatoms. The average molecular weight is 852 g/mol. The highest BCUT2D eigenvalue weighted by Gasteiger charge is 2.25. The van der Waals surface area contributed by atoms with Crippen molar-refractivity contribution in [1.82, 2.24) is 0 Å². The first-order chi connectivity index (χ1) is 32.0. The topological polar surface area (TPSA) is 16.4 Å². The summed E-state index contributed by atoms with van der Waals surface area (Å²) < 4.78 is 6.53. The zero-order valence-electron chi connectivity index (χ0n) is 38.6. The van der Waals surface area contributed by atoms with Crippen molar-refractivity contribution >= 4 is 60.5 Å². The van der Waals surface area contributed by atoms with E-state index in [0.717, 1.165) is 50.1 Å². The van der Waals surface area contributed by atoms with Crippen molar-refractivity contribution in [2.45, 2.75) is 52.4 Å². The van der Waals surface area contributed by atoms with Gasteiger partial charge in [-0.1, -0.05) is 217 Å². The first-order valence-corrected chi connectivity index (χ1v) is 23.2. The quantitative estimate of drug-likeness (QED) is 0.159. The molecule has 11 rings (SSSR count). The van der Waals surface area contributed by atoms with Crippen LogP contribution in [0.15, 0.2) is 217 Å². The maximum absolute atomic E-state index is 6.53. The summed E-state index contributed by atoms with van der Waals surface area (Å²) in [5, 5.41) is 7.15. The molecule has 10 aromatic carbocycles. The summed E-state index contributed by atoms with van der Waals surface area (Å²) in [5.74, 6) is 0. The lowest BCUT2D eigenvalue weighted by Gasteiger charge is -2.29. The third-order valence-electron chi connectivity index (χ3n) is 13.4. The first kappa shape index (κ1) is 41.1. The van der Waals surface area contributed by atoms with Gasteiger partial charge in [0.2, 0.25) is 0 Å². The number of furan rings is 1. The van der Waals surface area contributed by atoms with Crippen LogP contribution in [0.5, 0.6) is 0 Å². The van der Waals surface area contributed by atoms with Crippen LogP contribution in [-0.2, 0) is 10.8 Å². The van der Waals surface area contributed by atoms with Gasteiger partial charge in [-0.05, 0) is 119 Å². The van der Waals surface area contributed by atoms with Crippen molar-refractivity contribution in [3.8, 4) is 44.5 Å². The van der Waals surface area contributed by atoms with Crippen LogP contribution in [0.2, 0.25) is 0 Å². The highest BCUT2D eigenvalue weighted by atomic mass is 16.3. The summed E-state index contributed by atoms with van der Waals surface area (Å²) in [6, 6.07) is 77.7. The normalized spacial score (nSPS) is 12.1. The average Bonchev–Trinajstić information content (AvgIpc) is 3.73. The zero-order valence-corrected chi connectivity index (χ0v) is 38.6. The molecule has 0 fully saturated rings. The Morgan fingerprint density at radius 3 is 1.55 bits per heavy atom. The second kappa shape index (κ2) is 16.1. The van der Waals surface area contributed by atoms with Gasteiger partial charge in [0.25, 0.3) is 0 Å². The Labute approximate surface area is 388 Å². The summed E-state index contributed by atoms with van der Waals surface area (Å²) >= 11 is 0. The minimum atomic E-state index is -0.00863. The molecule has 0 spiro atoms. The van der Waals surface area contributed by atoms with Gasteiger partial charge in [-0.25, -0.2) is 0 Å². The molecule has 0 saturated carbocycles. The molecule has 0 bridgehead atoms. The molecule has 0 radical (unpaired) electrons. The number of anilines is 3. The summed E-state index contributed by atoms with van der Waals surface area (Å²) in [5.41, 5.74) is 17.2. The van der Waals surface area contributed by atoms with Crippen LogP contribution in [0, 0.1) is 0 Å². The lowest BCUT2D eigenvalue weighted by atomic mass is 9.78. The summed E-state index contributed by atoms with van der Waals surface area (Å²) in [4.78, 5) is 2.44. The van der Waals surface area contributed by atoms with E-state index < -0.39 is 0 Å². The molecule has 0 aliphatic heterocycles. The molecule has 0 amide bonds. The fraction of sp³-hybridized carbons (Fsp3) is 0.125. The molecule has 0 aliphatic carbocycles. The predicted molar refractivity (Wildman–Crippen MR) is 283 cm³/mol. The molecular formula is C64H53NO. The van der Waals surface area contributed by atoms with Crippen LogP contribution in [0.4, 0.5) is 17.1 Å². The molecule has 0 saturated heterocycles. The SMILES string of the molecule is CC(C)(C)c1cc(-c2cccc3cccc(-c4ccccc4N(c4ccc(-c5ccc(-c6cccc7ccccc67)cc5)cc4)c4cccc5oc6ccccc6c45)c23)cc(C(C)(C)C)c1. The van der Waals surface area contributed by atoms with E-state index in [9.17, 15) is 0 Å². The molecule has 0 N–H and O–H groups in total. The highest BCUT2D eigenvalue weighted by molar-refractivity contribution is 6.15. The van der Waals surface area contributed by atoms with Gasteiger partial charge in [-0.3, -0.25) is 0 Å². The molecule has 0 aliphatic rings. The second-order valence-corrected chi connectivity index (χ2v) is 19.8. The maximum atomic E-state index is 6.53. The fourth-order valence-corrected chi connectivity index (χ4v) is 9.82. The van der Waals surface area contributed by atoms with E-state index in [0.29, 0.717) is 0 Å². The van der Waals surface area contributed by atoms with Crippen LogP contribution in [0.25, 0.3) is 88.0 Å². The minimum Gasteiger partial charge on any atom is -0.456 e. The molecule has 66 heavy (non-hydrogen) atoms. The standard InChI is InChI=1S/C64H53NO/c1-63(2,3)48-39-47(40-49(41-48)64(4,5)6)53-25-14-19-46-20-15-26-55(61(46)53)54-22-9-11-27-57(54)65(58-28-16-30-60-62(58)56-23-10-12-29-59(56)66-60)50-37-35-43(36-38-50)42-31-33-45(34-32-42)52-24-13-18-44-17-7-8-21-51(44)52/h7-41H,1-6H3. The van der Waals surface area contributed by atoms with E-state index in [1.54, 1.807) is 0 Å². The monoisotopic (exact) mass is 851 g/mol. The van der Waals surface area contributed by atoms with E-state index in [4.69, 9.17) is 4.42 Å². The second-order valence-electron chi connectivity index (χ2n) is 19.8. The largest absolute Gasteiger partial charge is 0.456 e. The number of hydrogen-bond acceptors (Lipinski definition) is 2. The molecule has 2 nitrogen and oxygen atoms in total. The van der Waals surface area contributed by atoms with E-state index in [1.807, 2.05) is 6.07 Å². The molecule has 0 unspecified atom stereocenters. The van der Waals surface area contributed by atoms with Gasteiger partial charge in [0.15, 0.2) is 0 Å². The Bertz CT molecular complexity index is 3550. The molecule has 320 valence electrons. The summed E-state index contributed by atoms with van der Waals surface area (Å²) in [6.07, 6.45) is 0. The molecule has 11 aromatic rings. The van der Waals surface area contributed by atoms with Gasteiger partial charge in [0.1, 0.15) is 11.2 Å². The number of hydrogen-bond donors (Lipinski definition) is 0. The summed E-state index contributed by atoms with van der Waals surface area (Å²) in [7, 11) is 0. The van der Waals surface area contributed by atoms with Gasteiger partial charge in [0, 0.05) is 16.6 Å². The van der Waals surface area contributed by atoms with Crippen LogP contribution < -0.4 is 4.90 Å². The minimum absolute atomic E-state index is 0.00863. The van der Waals surface area contributed by atoms with Crippen molar-refractivity contribution in [3.63, 3.8) is 0 Å². The predicted octanol–water partition coefficient (Wildman–Crippen LogP) is 18.6. The third-order valence-corrected chi connectivity index (χ3v) is 13.4. The van der Waals surface area contributed by atoms with Crippen LogP contribution in [-0.4, -0.2) is 0 Å². The number of rotatable bonds is 7.